The molecule has 0 bridgehead atoms. The second-order valence-corrected chi connectivity index (χ2v) is 5.92. The van der Waals surface area contributed by atoms with Crippen molar-refractivity contribution in [3.63, 3.8) is 0 Å². The normalized spacial score (nSPS) is 23.1. The fourth-order valence-electron chi connectivity index (χ4n) is 2.89. The molecule has 0 aliphatic heterocycles. The number of carbonyl (C=O) groups is 1. The first kappa shape index (κ1) is 13.9. The summed E-state index contributed by atoms with van der Waals surface area (Å²) in [5.74, 6) is 0.818. The van der Waals surface area contributed by atoms with Crippen LogP contribution in [-0.2, 0) is 11.2 Å². The number of nitrogens with one attached hydrogen (secondary N) is 1. The maximum Gasteiger partial charge on any atom is 0.224 e. The summed E-state index contributed by atoms with van der Waals surface area (Å²) in [6.07, 6.45) is 5.11. The van der Waals surface area contributed by atoms with Gasteiger partial charge in [-0.1, -0.05) is 31.9 Å². The van der Waals surface area contributed by atoms with Crippen molar-refractivity contribution in [1.82, 2.24) is 5.32 Å². The zero-order chi connectivity index (χ0) is 13.8. The molecule has 0 heterocycles. The fourth-order valence-corrected chi connectivity index (χ4v) is 2.89. The standard InChI is InChI=1S/C16H24N2O/c1-11-4-3-5-14(8-11)18-16(19)10-13-7-6-12(2)9-15(13)17/h6-7,9,11,14H,3-5,8,10,17H2,1-2H3,(H,18,19)/t11-,14-/m1/s1. The summed E-state index contributed by atoms with van der Waals surface area (Å²) in [4.78, 5) is 12.1. The predicted molar refractivity (Wildman–Crippen MR) is 78.9 cm³/mol. The summed E-state index contributed by atoms with van der Waals surface area (Å²) in [5, 5.41) is 3.15. The van der Waals surface area contributed by atoms with Crippen LogP contribution in [-0.4, -0.2) is 11.9 Å². The molecule has 0 aromatic heterocycles. The summed E-state index contributed by atoms with van der Waals surface area (Å²) in [6, 6.07) is 6.23. The highest BCUT2D eigenvalue weighted by Gasteiger charge is 2.20. The van der Waals surface area contributed by atoms with E-state index < -0.39 is 0 Å². The molecule has 1 saturated carbocycles. The Kier molecular flexibility index (Phi) is 4.46. The number of benzene rings is 1. The highest BCUT2D eigenvalue weighted by atomic mass is 16.1. The lowest BCUT2D eigenvalue weighted by atomic mass is 9.87. The summed E-state index contributed by atoms with van der Waals surface area (Å²) in [6.45, 7) is 4.26. The van der Waals surface area contributed by atoms with Crippen LogP contribution in [0.15, 0.2) is 18.2 Å². The molecule has 1 amide bonds. The smallest absolute Gasteiger partial charge is 0.224 e. The van der Waals surface area contributed by atoms with E-state index >= 15 is 0 Å². The Morgan fingerprint density at radius 3 is 2.89 bits per heavy atom. The molecular weight excluding hydrogens is 236 g/mol. The highest BCUT2D eigenvalue weighted by Crippen LogP contribution is 2.23. The Morgan fingerprint density at radius 2 is 2.21 bits per heavy atom. The van der Waals surface area contributed by atoms with Gasteiger partial charge in [-0.3, -0.25) is 4.79 Å². The molecule has 3 N–H and O–H groups in total. The van der Waals surface area contributed by atoms with Gasteiger partial charge in [-0.15, -0.1) is 0 Å². The van der Waals surface area contributed by atoms with E-state index in [1.165, 1.54) is 12.8 Å². The number of hydrogen-bond acceptors (Lipinski definition) is 2. The number of anilines is 1. The topological polar surface area (TPSA) is 55.1 Å². The van der Waals surface area contributed by atoms with Crippen LogP contribution < -0.4 is 11.1 Å². The van der Waals surface area contributed by atoms with Crippen molar-refractivity contribution < 1.29 is 4.79 Å². The van der Waals surface area contributed by atoms with Crippen molar-refractivity contribution >= 4 is 11.6 Å². The van der Waals surface area contributed by atoms with E-state index in [2.05, 4.69) is 12.2 Å². The average molecular weight is 260 g/mol. The maximum atomic E-state index is 12.1. The third-order valence-electron chi connectivity index (χ3n) is 3.95. The van der Waals surface area contributed by atoms with Gasteiger partial charge in [-0.05, 0) is 42.9 Å². The largest absolute Gasteiger partial charge is 0.398 e. The van der Waals surface area contributed by atoms with Crippen LogP contribution in [0.3, 0.4) is 0 Å². The lowest BCUT2D eigenvalue weighted by Crippen LogP contribution is -2.38. The number of rotatable bonds is 3. The van der Waals surface area contributed by atoms with Crippen LogP contribution in [0.25, 0.3) is 0 Å². The quantitative estimate of drug-likeness (QED) is 0.821. The van der Waals surface area contributed by atoms with Crippen LogP contribution in [0, 0.1) is 12.8 Å². The van der Waals surface area contributed by atoms with E-state index in [0.717, 1.165) is 29.9 Å². The summed E-state index contributed by atoms with van der Waals surface area (Å²) >= 11 is 0. The molecule has 2 atom stereocenters. The number of hydrogen-bond donors (Lipinski definition) is 2. The third kappa shape index (κ3) is 3.98. The van der Waals surface area contributed by atoms with Crippen LogP contribution >= 0.6 is 0 Å². The molecule has 1 aromatic rings. The summed E-state index contributed by atoms with van der Waals surface area (Å²) < 4.78 is 0. The van der Waals surface area contributed by atoms with Crippen molar-refractivity contribution in [2.75, 3.05) is 5.73 Å². The predicted octanol–water partition coefficient (Wildman–Crippen LogP) is 2.81. The second kappa shape index (κ2) is 6.09. The van der Waals surface area contributed by atoms with Gasteiger partial charge in [0.2, 0.25) is 5.91 Å². The van der Waals surface area contributed by atoms with Crippen molar-refractivity contribution in [3.05, 3.63) is 29.3 Å². The Labute approximate surface area is 115 Å². The molecule has 0 saturated heterocycles. The first-order chi connectivity index (χ1) is 9.04. The van der Waals surface area contributed by atoms with Crippen LogP contribution in [0.2, 0.25) is 0 Å². The van der Waals surface area contributed by atoms with Crippen LogP contribution in [0.1, 0.15) is 43.7 Å². The molecule has 1 aromatic carbocycles. The van der Waals surface area contributed by atoms with Gasteiger partial charge in [0.15, 0.2) is 0 Å². The molecule has 1 fully saturated rings. The van der Waals surface area contributed by atoms with Gasteiger partial charge in [0.25, 0.3) is 0 Å². The number of nitrogen functional groups attached to an aromatic ring is 1. The zero-order valence-electron chi connectivity index (χ0n) is 11.9. The first-order valence-corrected chi connectivity index (χ1v) is 7.19. The highest BCUT2D eigenvalue weighted by molar-refractivity contribution is 5.80. The lowest BCUT2D eigenvalue weighted by Gasteiger charge is -2.27. The van der Waals surface area contributed by atoms with Gasteiger partial charge in [-0.25, -0.2) is 0 Å². The maximum absolute atomic E-state index is 12.1. The molecule has 1 aliphatic rings. The molecule has 104 valence electrons. The number of carbonyl (C=O) groups excluding carboxylic acids is 1. The van der Waals surface area contributed by atoms with Gasteiger partial charge in [0.05, 0.1) is 6.42 Å². The molecule has 3 nitrogen and oxygen atoms in total. The molecule has 0 unspecified atom stereocenters. The number of amides is 1. The van der Waals surface area contributed by atoms with Gasteiger partial charge in [0, 0.05) is 11.7 Å². The van der Waals surface area contributed by atoms with E-state index in [4.69, 9.17) is 5.73 Å². The fraction of sp³-hybridized carbons (Fsp3) is 0.562. The first-order valence-electron chi connectivity index (χ1n) is 7.19. The Balaban J connectivity index is 1.90. The van der Waals surface area contributed by atoms with Crippen molar-refractivity contribution in [3.8, 4) is 0 Å². The average Bonchev–Trinajstić information content (AvgIpc) is 2.33. The van der Waals surface area contributed by atoms with Gasteiger partial charge in [0.1, 0.15) is 0 Å². The minimum absolute atomic E-state index is 0.0923. The van der Waals surface area contributed by atoms with Crippen LogP contribution in [0.4, 0.5) is 5.69 Å². The van der Waals surface area contributed by atoms with Crippen molar-refractivity contribution in [2.24, 2.45) is 5.92 Å². The minimum Gasteiger partial charge on any atom is -0.398 e. The monoisotopic (exact) mass is 260 g/mol. The van der Waals surface area contributed by atoms with Gasteiger partial charge in [-0.2, -0.15) is 0 Å². The van der Waals surface area contributed by atoms with E-state index in [1.54, 1.807) is 0 Å². The Morgan fingerprint density at radius 1 is 1.42 bits per heavy atom. The van der Waals surface area contributed by atoms with Gasteiger partial charge >= 0.3 is 0 Å². The molecular formula is C16H24N2O. The summed E-state index contributed by atoms with van der Waals surface area (Å²) in [5.41, 5.74) is 8.71. The Bertz CT molecular complexity index is 456. The van der Waals surface area contributed by atoms with E-state index in [0.29, 0.717) is 18.2 Å². The van der Waals surface area contributed by atoms with E-state index in [-0.39, 0.29) is 5.91 Å². The minimum atomic E-state index is 0.0923. The molecule has 0 radical (unpaired) electrons. The zero-order valence-corrected chi connectivity index (χ0v) is 11.9. The molecule has 19 heavy (non-hydrogen) atoms. The van der Waals surface area contributed by atoms with Crippen molar-refractivity contribution in [1.29, 1.82) is 0 Å². The number of nitrogens with two attached hydrogens (primary N) is 1. The second-order valence-electron chi connectivity index (χ2n) is 5.92. The third-order valence-corrected chi connectivity index (χ3v) is 3.95. The van der Waals surface area contributed by atoms with E-state index in [1.807, 2.05) is 25.1 Å². The molecule has 1 aliphatic carbocycles. The van der Waals surface area contributed by atoms with E-state index in [9.17, 15) is 4.79 Å². The molecule has 2 rings (SSSR count). The lowest BCUT2D eigenvalue weighted by molar-refractivity contribution is -0.121. The summed E-state index contributed by atoms with van der Waals surface area (Å²) in [7, 11) is 0. The van der Waals surface area contributed by atoms with Crippen LogP contribution in [0.5, 0.6) is 0 Å². The van der Waals surface area contributed by atoms with Gasteiger partial charge < -0.3 is 11.1 Å². The number of aryl methyl sites for hydroxylation is 1. The Hall–Kier alpha value is -1.51. The molecule has 0 spiro atoms. The molecule has 3 heteroatoms. The SMILES string of the molecule is Cc1ccc(CC(=O)N[C@@H]2CCC[C@@H](C)C2)c(N)c1. The van der Waals surface area contributed by atoms with Crippen molar-refractivity contribution in [2.45, 2.75) is 52.0 Å².